The van der Waals surface area contributed by atoms with Crippen LogP contribution in [0.2, 0.25) is 0 Å². The Morgan fingerprint density at radius 1 is 1.17 bits per heavy atom. The van der Waals surface area contributed by atoms with Crippen LogP contribution in [0.3, 0.4) is 0 Å². The fraction of sp³-hybridized carbons (Fsp3) is 0.520. The lowest BCUT2D eigenvalue weighted by Crippen LogP contribution is -2.33. The van der Waals surface area contributed by atoms with Crippen LogP contribution in [-0.4, -0.2) is 23.9 Å². The van der Waals surface area contributed by atoms with E-state index in [0.717, 1.165) is 54.9 Å². The van der Waals surface area contributed by atoms with Crippen molar-refractivity contribution >= 4 is 0 Å². The Morgan fingerprint density at radius 2 is 2.03 bits per heavy atom. The molecular formula is C25H32O4. The molecule has 2 aromatic rings. The van der Waals surface area contributed by atoms with Crippen LogP contribution < -0.4 is 14.2 Å². The normalized spacial score (nSPS) is 19.5. The highest BCUT2D eigenvalue weighted by Gasteiger charge is 2.32. The number of hydrogen-bond acceptors (Lipinski definition) is 4. The molecule has 0 unspecified atom stereocenters. The predicted octanol–water partition coefficient (Wildman–Crippen LogP) is 5.78. The minimum absolute atomic E-state index is 0.120. The Balaban J connectivity index is 1.48. The minimum atomic E-state index is -0.120. The van der Waals surface area contributed by atoms with Crippen molar-refractivity contribution in [1.82, 2.24) is 0 Å². The van der Waals surface area contributed by atoms with E-state index in [9.17, 15) is 5.11 Å². The molecule has 0 fully saturated rings. The molecule has 0 aromatic heterocycles. The van der Waals surface area contributed by atoms with Crippen LogP contribution in [-0.2, 0) is 12.8 Å². The fourth-order valence-electron chi connectivity index (χ4n) is 4.31. The van der Waals surface area contributed by atoms with Gasteiger partial charge in [-0.25, -0.2) is 0 Å². The second kappa shape index (κ2) is 8.17. The van der Waals surface area contributed by atoms with Gasteiger partial charge in [0.25, 0.3) is 0 Å². The molecule has 0 radical (unpaired) electrons. The smallest absolute Gasteiger partial charge is 0.129 e. The molecule has 0 aliphatic carbocycles. The maximum atomic E-state index is 10.6. The Morgan fingerprint density at radius 3 is 2.83 bits per heavy atom. The Hall–Kier alpha value is -2.36. The number of ether oxygens (including phenoxy) is 3. The minimum Gasteiger partial charge on any atom is -0.508 e. The van der Waals surface area contributed by atoms with Gasteiger partial charge in [-0.15, -0.1) is 0 Å². The molecule has 0 saturated heterocycles. The van der Waals surface area contributed by atoms with Crippen LogP contribution >= 0.6 is 0 Å². The molecule has 4 nitrogen and oxygen atoms in total. The van der Waals surface area contributed by atoms with Crippen molar-refractivity contribution in [2.45, 2.75) is 70.8 Å². The predicted molar refractivity (Wildman–Crippen MR) is 115 cm³/mol. The summed E-state index contributed by atoms with van der Waals surface area (Å²) in [5, 5.41) is 10.6. The van der Waals surface area contributed by atoms with E-state index < -0.39 is 0 Å². The summed E-state index contributed by atoms with van der Waals surface area (Å²) in [5.41, 5.74) is 3.19. The van der Waals surface area contributed by atoms with E-state index in [1.165, 1.54) is 17.5 Å². The molecule has 4 heteroatoms. The van der Waals surface area contributed by atoms with Gasteiger partial charge >= 0.3 is 0 Å². The van der Waals surface area contributed by atoms with Gasteiger partial charge in [0.1, 0.15) is 28.6 Å². The van der Waals surface area contributed by atoms with Crippen LogP contribution in [0.5, 0.6) is 23.0 Å². The molecule has 2 aliphatic rings. The molecule has 4 rings (SSSR count). The zero-order valence-corrected chi connectivity index (χ0v) is 17.8. The first kappa shape index (κ1) is 19.9. The molecular weight excluding hydrogens is 364 g/mol. The molecule has 156 valence electrons. The molecule has 0 bridgehead atoms. The van der Waals surface area contributed by atoms with Gasteiger partial charge in [0.2, 0.25) is 0 Å². The van der Waals surface area contributed by atoms with E-state index >= 15 is 0 Å². The second-order valence-electron chi connectivity index (χ2n) is 8.88. The number of phenols is 1. The fourth-order valence-corrected chi connectivity index (χ4v) is 4.31. The van der Waals surface area contributed by atoms with E-state index in [0.29, 0.717) is 13.2 Å². The number of rotatable bonds is 6. The average Bonchev–Trinajstić information content (AvgIpc) is 2.70. The number of hydrogen-bond donors (Lipinski definition) is 1. The molecule has 2 heterocycles. The summed E-state index contributed by atoms with van der Waals surface area (Å²) in [4.78, 5) is 0. The van der Waals surface area contributed by atoms with E-state index in [1.807, 2.05) is 12.1 Å². The Labute approximate surface area is 173 Å². The highest BCUT2D eigenvalue weighted by atomic mass is 16.5. The monoisotopic (exact) mass is 396 g/mol. The largest absolute Gasteiger partial charge is 0.508 e. The molecule has 0 amide bonds. The summed E-state index contributed by atoms with van der Waals surface area (Å²) >= 11 is 0. The average molecular weight is 397 g/mol. The van der Waals surface area contributed by atoms with Gasteiger partial charge in [-0.1, -0.05) is 31.9 Å². The summed E-state index contributed by atoms with van der Waals surface area (Å²) < 4.78 is 18.1. The van der Waals surface area contributed by atoms with Crippen molar-refractivity contribution in [3.8, 4) is 23.0 Å². The van der Waals surface area contributed by atoms with Crippen LogP contribution in [0, 0.1) is 0 Å². The molecule has 29 heavy (non-hydrogen) atoms. The van der Waals surface area contributed by atoms with Crippen molar-refractivity contribution < 1.29 is 19.3 Å². The highest BCUT2D eigenvalue weighted by Crippen LogP contribution is 2.45. The maximum Gasteiger partial charge on any atom is 0.129 e. The maximum absolute atomic E-state index is 10.6. The molecule has 0 saturated carbocycles. The summed E-state index contributed by atoms with van der Waals surface area (Å²) in [6.07, 6.45) is 6.20. The first-order valence-corrected chi connectivity index (χ1v) is 10.9. The third kappa shape index (κ3) is 4.31. The third-order valence-electron chi connectivity index (χ3n) is 6.02. The van der Waals surface area contributed by atoms with E-state index in [2.05, 4.69) is 32.9 Å². The first-order valence-electron chi connectivity index (χ1n) is 10.9. The van der Waals surface area contributed by atoms with Crippen LogP contribution in [0.4, 0.5) is 0 Å². The first-order chi connectivity index (χ1) is 14.0. The standard InChI is InChI=1S/C25H32O4/c1-4-5-6-13-27-19-8-9-20(22(26)15-19)18-14-17-7-10-23-21(24(17)28-16-18)11-12-25(2,3)29-23/h7-10,15,18,26H,4-6,11-14,16H2,1-3H3/t18-/m0/s1. The number of benzene rings is 2. The van der Waals surface area contributed by atoms with E-state index in [4.69, 9.17) is 14.2 Å². The summed E-state index contributed by atoms with van der Waals surface area (Å²) in [6, 6.07) is 9.87. The topological polar surface area (TPSA) is 47.9 Å². The van der Waals surface area contributed by atoms with Crippen LogP contribution in [0.15, 0.2) is 30.3 Å². The molecule has 2 aromatic carbocycles. The quantitative estimate of drug-likeness (QED) is 0.629. The highest BCUT2D eigenvalue weighted by molar-refractivity contribution is 5.54. The zero-order valence-electron chi connectivity index (χ0n) is 17.8. The number of phenolic OH excluding ortho intramolecular Hbond substituents is 1. The lowest BCUT2D eigenvalue weighted by atomic mass is 9.86. The number of fused-ring (bicyclic) bond motifs is 3. The van der Waals surface area contributed by atoms with E-state index in [-0.39, 0.29) is 17.3 Å². The van der Waals surface area contributed by atoms with Crippen molar-refractivity contribution in [3.63, 3.8) is 0 Å². The molecule has 2 aliphatic heterocycles. The lowest BCUT2D eigenvalue weighted by Gasteiger charge is -2.35. The Kier molecular flexibility index (Phi) is 5.62. The Bertz CT molecular complexity index is 871. The lowest BCUT2D eigenvalue weighted by molar-refractivity contribution is 0.0826. The van der Waals surface area contributed by atoms with Crippen molar-refractivity contribution in [2.75, 3.05) is 13.2 Å². The third-order valence-corrected chi connectivity index (χ3v) is 6.02. The van der Waals surface area contributed by atoms with Gasteiger partial charge in [-0.3, -0.25) is 0 Å². The van der Waals surface area contributed by atoms with Crippen LogP contribution in [0.25, 0.3) is 0 Å². The summed E-state index contributed by atoms with van der Waals surface area (Å²) in [5.74, 6) is 3.09. The summed E-state index contributed by atoms with van der Waals surface area (Å²) in [7, 11) is 0. The van der Waals surface area contributed by atoms with Gasteiger partial charge in [0, 0.05) is 23.1 Å². The molecule has 1 N–H and O–H groups in total. The van der Waals surface area contributed by atoms with Gasteiger partial charge in [0.15, 0.2) is 0 Å². The SMILES string of the molecule is CCCCCOc1ccc([C@@H]2COc3c(ccc4c3CCC(C)(C)O4)C2)c(O)c1. The summed E-state index contributed by atoms with van der Waals surface area (Å²) in [6.45, 7) is 7.70. The second-order valence-corrected chi connectivity index (χ2v) is 8.88. The van der Waals surface area contributed by atoms with Crippen molar-refractivity contribution in [2.24, 2.45) is 0 Å². The number of unbranched alkanes of at least 4 members (excludes halogenated alkanes) is 2. The molecule has 0 spiro atoms. The van der Waals surface area contributed by atoms with Gasteiger partial charge in [-0.05, 0) is 57.2 Å². The van der Waals surface area contributed by atoms with Crippen LogP contribution in [0.1, 0.15) is 69.1 Å². The van der Waals surface area contributed by atoms with Gasteiger partial charge < -0.3 is 19.3 Å². The van der Waals surface area contributed by atoms with E-state index in [1.54, 1.807) is 6.07 Å². The number of aromatic hydroxyl groups is 1. The zero-order chi connectivity index (χ0) is 20.4. The van der Waals surface area contributed by atoms with Crippen molar-refractivity contribution in [3.05, 3.63) is 47.0 Å². The van der Waals surface area contributed by atoms with Gasteiger partial charge in [-0.2, -0.15) is 0 Å². The molecule has 1 atom stereocenters. The van der Waals surface area contributed by atoms with Gasteiger partial charge in [0.05, 0.1) is 13.2 Å². The van der Waals surface area contributed by atoms with Crippen molar-refractivity contribution in [1.29, 1.82) is 0 Å².